The Morgan fingerprint density at radius 1 is 1.10 bits per heavy atom. The molecular weight excluding hydrogens is 425 g/mol. The number of amides is 1. The predicted molar refractivity (Wildman–Crippen MR) is 105 cm³/mol. The molecule has 2 aromatic carbocycles. The molecule has 0 fully saturated rings. The molecule has 0 saturated carbocycles. The lowest BCUT2D eigenvalue weighted by Crippen LogP contribution is -2.56. The maximum Gasteiger partial charge on any atom is 0.418 e. The molecule has 0 bridgehead atoms. The molecule has 10 heteroatoms. The van der Waals surface area contributed by atoms with Crippen LogP contribution in [0.4, 0.5) is 18.9 Å². The lowest BCUT2D eigenvalue weighted by Gasteiger charge is -2.27. The van der Waals surface area contributed by atoms with Gasteiger partial charge in [0, 0.05) is 5.02 Å². The summed E-state index contributed by atoms with van der Waals surface area (Å²) in [4.78, 5) is 24.4. The number of nitrogens with one attached hydrogen (secondary N) is 2. The van der Waals surface area contributed by atoms with Crippen LogP contribution in [0.25, 0.3) is 0 Å². The number of para-hydroxylation sites is 1. The Hall–Kier alpha value is -2.78. The molecule has 6 nitrogen and oxygen atoms in total. The number of anilines is 1. The molecule has 2 N–H and O–H groups in total. The Labute approximate surface area is 176 Å². The van der Waals surface area contributed by atoms with Gasteiger partial charge in [0.15, 0.2) is 0 Å². The highest BCUT2D eigenvalue weighted by Crippen LogP contribution is 2.36. The van der Waals surface area contributed by atoms with Crippen LogP contribution in [-0.2, 0) is 20.5 Å². The van der Waals surface area contributed by atoms with Gasteiger partial charge in [0.1, 0.15) is 17.9 Å². The van der Waals surface area contributed by atoms with Gasteiger partial charge in [-0.25, -0.2) is 4.79 Å². The molecule has 2 aromatic rings. The highest BCUT2D eigenvalue weighted by atomic mass is 35.5. The standard InChI is InChI=1S/C20H20ClF3N2O4/c1-19(18(28)29-2,12-30-14-6-4-3-5-7-14)25-11-17(27)26-16-9-8-13(21)10-15(16)20(22,23)24/h3-10,25H,11-12H2,1-2H3,(H,26,27). The minimum atomic E-state index is -4.70. The van der Waals surface area contributed by atoms with Gasteiger partial charge in [-0.05, 0) is 37.3 Å². The summed E-state index contributed by atoms with van der Waals surface area (Å²) in [6, 6.07) is 11.7. The molecule has 162 valence electrons. The SMILES string of the molecule is COC(=O)C(C)(COc1ccccc1)NCC(=O)Nc1ccc(Cl)cc1C(F)(F)F. The van der Waals surface area contributed by atoms with Crippen LogP contribution in [0, 0.1) is 0 Å². The van der Waals surface area contributed by atoms with E-state index < -0.39 is 41.4 Å². The van der Waals surface area contributed by atoms with Crippen LogP contribution in [-0.4, -0.2) is 37.7 Å². The van der Waals surface area contributed by atoms with Crippen LogP contribution >= 0.6 is 11.6 Å². The van der Waals surface area contributed by atoms with Crippen LogP contribution in [0.2, 0.25) is 5.02 Å². The lowest BCUT2D eigenvalue weighted by molar-refractivity contribution is -0.149. The van der Waals surface area contributed by atoms with Crippen LogP contribution in [0.3, 0.4) is 0 Å². The third-order valence-corrected chi connectivity index (χ3v) is 4.34. The molecule has 0 aromatic heterocycles. The number of halogens is 4. The first kappa shape index (κ1) is 23.5. The van der Waals surface area contributed by atoms with Gasteiger partial charge in [0.05, 0.1) is 24.9 Å². The first-order valence-corrected chi connectivity index (χ1v) is 9.11. The number of methoxy groups -OCH3 is 1. The van der Waals surface area contributed by atoms with Crippen molar-refractivity contribution >= 4 is 29.2 Å². The Morgan fingerprint density at radius 3 is 2.37 bits per heavy atom. The van der Waals surface area contributed by atoms with E-state index in [-0.39, 0.29) is 11.6 Å². The molecule has 0 aliphatic rings. The van der Waals surface area contributed by atoms with Crippen molar-refractivity contribution in [1.29, 1.82) is 0 Å². The van der Waals surface area contributed by atoms with Crippen molar-refractivity contribution in [2.24, 2.45) is 0 Å². The third-order valence-electron chi connectivity index (χ3n) is 4.11. The molecule has 0 spiro atoms. The average Bonchev–Trinajstić information content (AvgIpc) is 2.71. The number of hydrogen-bond acceptors (Lipinski definition) is 5. The van der Waals surface area contributed by atoms with E-state index in [9.17, 15) is 22.8 Å². The van der Waals surface area contributed by atoms with Gasteiger partial charge in [0.2, 0.25) is 5.91 Å². The van der Waals surface area contributed by atoms with Crippen LogP contribution in [0.15, 0.2) is 48.5 Å². The Balaban J connectivity index is 2.07. The molecule has 1 atom stereocenters. The molecule has 0 aliphatic heterocycles. The fourth-order valence-corrected chi connectivity index (χ4v) is 2.65. The minimum absolute atomic E-state index is 0.116. The molecule has 0 heterocycles. The molecule has 0 aliphatic carbocycles. The number of ether oxygens (including phenoxy) is 2. The number of rotatable bonds is 8. The molecule has 1 unspecified atom stereocenters. The second kappa shape index (κ2) is 9.82. The summed E-state index contributed by atoms with van der Waals surface area (Å²) in [7, 11) is 1.17. The largest absolute Gasteiger partial charge is 0.491 e. The fourth-order valence-electron chi connectivity index (χ4n) is 2.48. The Morgan fingerprint density at radius 2 is 1.77 bits per heavy atom. The summed E-state index contributed by atoms with van der Waals surface area (Å²) in [5, 5.41) is 4.75. The average molecular weight is 445 g/mol. The predicted octanol–water partition coefficient (Wildman–Crippen LogP) is 3.90. The first-order chi connectivity index (χ1) is 14.0. The summed E-state index contributed by atoms with van der Waals surface area (Å²) in [6.07, 6.45) is -4.70. The molecule has 1 amide bonds. The fraction of sp³-hybridized carbons (Fsp3) is 0.300. The third kappa shape index (κ3) is 6.36. The van der Waals surface area contributed by atoms with Crippen molar-refractivity contribution in [1.82, 2.24) is 5.32 Å². The van der Waals surface area contributed by atoms with Crippen LogP contribution in [0.1, 0.15) is 12.5 Å². The Kier molecular flexibility index (Phi) is 7.69. The molecule has 2 rings (SSSR count). The second-order valence-electron chi connectivity index (χ2n) is 6.51. The van der Waals surface area contributed by atoms with E-state index in [4.69, 9.17) is 21.1 Å². The highest BCUT2D eigenvalue weighted by molar-refractivity contribution is 6.30. The van der Waals surface area contributed by atoms with Gasteiger partial charge in [-0.1, -0.05) is 29.8 Å². The van der Waals surface area contributed by atoms with Gasteiger partial charge >= 0.3 is 12.1 Å². The van der Waals surface area contributed by atoms with Gasteiger partial charge in [-0.15, -0.1) is 0 Å². The number of esters is 1. The van der Waals surface area contributed by atoms with Crippen molar-refractivity contribution in [3.8, 4) is 5.75 Å². The minimum Gasteiger partial charge on any atom is -0.491 e. The van der Waals surface area contributed by atoms with Crippen LogP contribution < -0.4 is 15.4 Å². The number of alkyl halides is 3. The maximum atomic E-state index is 13.2. The zero-order valence-electron chi connectivity index (χ0n) is 16.2. The monoisotopic (exact) mass is 444 g/mol. The van der Waals surface area contributed by atoms with E-state index in [1.807, 2.05) is 0 Å². The summed E-state index contributed by atoms with van der Waals surface area (Å²) in [5.74, 6) is -0.999. The lowest BCUT2D eigenvalue weighted by atomic mass is 10.0. The van der Waals surface area contributed by atoms with E-state index in [0.29, 0.717) is 5.75 Å². The summed E-state index contributed by atoms with van der Waals surface area (Å²) < 4.78 is 49.8. The van der Waals surface area contributed by atoms with Crippen molar-refractivity contribution in [3.05, 3.63) is 59.1 Å². The molecule has 0 radical (unpaired) electrons. The van der Waals surface area contributed by atoms with Gasteiger partial charge < -0.3 is 14.8 Å². The highest BCUT2D eigenvalue weighted by Gasteiger charge is 2.37. The molecule has 30 heavy (non-hydrogen) atoms. The summed E-state index contributed by atoms with van der Waals surface area (Å²) in [6.45, 7) is 0.813. The first-order valence-electron chi connectivity index (χ1n) is 8.73. The number of benzene rings is 2. The van der Waals surface area contributed by atoms with Gasteiger partial charge in [0.25, 0.3) is 0 Å². The zero-order chi connectivity index (χ0) is 22.4. The number of carbonyl (C=O) groups excluding carboxylic acids is 2. The van der Waals surface area contributed by atoms with Gasteiger partial charge in [-0.2, -0.15) is 13.2 Å². The van der Waals surface area contributed by atoms with Crippen molar-refractivity contribution in [3.63, 3.8) is 0 Å². The van der Waals surface area contributed by atoms with Crippen LogP contribution in [0.5, 0.6) is 5.75 Å². The van der Waals surface area contributed by atoms with Crippen molar-refractivity contribution in [2.75, 3.05) is 25.6 Å². The second-order valence-corrected chi connectivity index (χ2v) is 6.95. The smallest absolute Gasteiger partial charge is 0.418 e. The normalized spacial score (nSPS) is 13.3. The van der Waals surface area contributed by atoms with Crippen molar-refractivity contribution < 1.29 is 32.2 Å². The Bertz CT molecular complexity index is 893. The molecular formula is C20H20ClF3N2O4. The van der Waals surface area contributed by atoms with E-state index in [1.165, 1.54) is 20.1 Å². The quantitative estimate of drug-likeness (QED) is 0.604. The van der Waals surface area contributed by atoms with Crippen molar-refractivity contribution in [2.45, 2.75) is 18.6 Å². The van der Waals surface area contributed by atoms with E-state index in [2.05, 4.69) is 10.6 Å². The van der Waals surface area contributed by atoms with Gasteiger partial charge in [-0.3, -0.25) is 10.1 Å². The van der Waals surface area contributed by atoms with E-state index in [0.717, 1.165) is 12.1 Å². The van der Waals surface area contributed by atoms with E-state index >= 15 is 0 Å². The maximum absolute atomic E-state index is 13.2. The zero-order valence-corrected chi connectivity index (χ0v) is 16.9. The summed E-state index contributed by atoms with van der Waals surface area (Å²) >= 11 is 5.63. The number of hydrogen-bond donors (Lipinski definition) is 2. The van der Waals surface area contributed by atoms with E-state index in [1.54, 1.807) is 30.3 Å². The number of carbonyl (C=O) groups is 2. The summed E-state index contributed by atoms with van der Waals surface area (Å²) in [5.41, 5.74) is -2.94. The molecule has 0 saturated heterocycles. The topological polar surface area (TPSA) is 76.7 Å².